The largest absolute Gasteiger partial charge is 0.348 e. The lowest BCUT2D eigenvalue weighted by atomic mass is 10.2. The Kier molecular flexibility index (Phi) is 3.02. The second-order valence-corrected chi connectivity index (χ2v) is 5.98. The van der Waals surface area contributed by atoms with E-state index < -0.39 is 0 Å². The summed E-state index contributed by atoms with van der Waals surface area (Å²) in [6, 6.07) is 2.32. The van der Waals surface area contributed by atoms with Crippen LogP contribution in [0.1, 0.15) is 55.0 Å². The van der Waals surface area contributed by atoms with Gasteiger partial charge < -0.3 is 4.90 Å². The molecular formula is C13H17N3S. The van der Waals surface area contributed by atoms with E-state index in [1.807, 2.05) is 0 Å². The highest BCUT2D eigenvalue weighted by Gasteiger charge is 2.30. The monoisotopic (exact) mass is 247 g/mol. The first kappa shape index (κ1) is 11.0. The number of aromatic nitrogens is 1. The van der Waals surface area contributed by atoms with Gasteiger partial charge in [-0.05, 0) is 25.7 Å². The van der Waals surface area contributed by atoms with E-state index in [0.717, 1.165) is 28.8 Å². The van der Waals surface area contributed by atoms with Crippen LogP contribution in [-0.4, -0.2) is 18.1 Å². The first-order valence-electron chi connectivity index (χ1n) is 6.54. The Labute approximate surface area is 106 Å². The van der Waals surface area contributed by atoms with Gasteiger partial charge >= 0.3 is 0 Å². The van der Waals surface area contributed by atoms with E-state index in [0.29, 0.717) is 5.92 Å². The van der Waals surface area contributed by atoms with Gasteiger partial charge in [0.05, 0.1) is 5.69 Å². The Morgan fingerprint density at radius 3 is 2.47 bits per heavy atom. The molecule has 2 heterocycles. The van der Waals surface area contributed by atoms with E-state index in [2.05, 4.69) is 11.0 Å². The first-order valence-corrected chi connectivity index (χ1v) is 7.36. The van der Waals surface area contributed by atoms with Crippen molar-refractivity contribution in [1.29, 1.82) is 5.26 Å². The highest BCUT2D eigenvalue weighted by molar-refractivity contribution is 7.16. The molecule has 17 heavy (non-hydrogen) atoms. The first-order chi connectivity index (χ1) is 8.38. The van der Waals surface area contributed by atoms with Gasteiger partial charge in [-0.25, -0.2) is 4.98 Å². The predicted octanol–water partition coefficient (Wildman–Crippen LogP) is 3.27. The van der Waals surface area contributed by atoms with Gasteiger partial charge in [-0.3, -0.25) is 0 Å². The van der Waals surface area contributed by atoms with E-state index in [1.54, 1.807) is 11.3 Å². The molecule has 1 aliphatic carbocycles. The summed E-state index contributed by atoms with van der Waals surface area (Å²) in [5.74, 6) is 0.585. The number of nitriles is 1. The van der Waals surface area contributed by atoms with Crippen LogP contribution >= 0.6 is 11.3 Å². The second-order valence-electron chi connectivity index (χ2n) is 5.00. The molecule has 90 valence electrons. The molecule has 2 aliphatic rings. The molecule has 0 radical (unpaired) electrons. The minimum Gasteiger partial charge on any atom is -0.348 e. The average molecular weight is 247 g/mol. The third-order valence-corrected chi connectivity index (χ3v) is 4.62. The fourth-order valence-corrected chi connectivity index (χ4v) is 3.43. The molecule has 2 fully saturated rings. The molecule has 1 aliphatic heterocycles. The average Bonchev–Trinajstić information content (AvgIpc) is 3.14. The molecule has 0 bridgehead atoms. The van der Waals surface area contributed by atoms with Gasteiger partial charge in [-0.2, -0.15) is 5.26 Å². The highest BCUT2D eigenvalue weighted by Crippen LogP contribution is 2.44. The molecular weight excluding hydrogens is 230 g/mol. The number of thiazole rings is 1. The standard InChI is InChI=1S/C13H17N3S/c14-9-11-12(10-5-6-10)15-13(17-11)16-7-3-1-2-4-8-16/h10H,1-8H2. The summed E-state index contributed by atoms with van der Waals surface area (Å²) in [5, 5.41) is 10.3. The Morgan fingerprint density at radius 1 is 1.18 bits per heavy atom. The van der Waals surface area contributed by atoms with Crippen molar-refractivity contribution in [3.63, 3.8) is 0 Å². The Hall–Kier alpha value is -1.08. The van der Waals surface area contributed by atoms with Gasteiger partial charge in [0.2, 0.25) is 0 Å². The molecule has 4 heteroatoms. The van der Waals surface area contributed by atoms with Gasteiger partial charge in [0.1, 0.15) is 10.9 Å². The lowest BCUT2D eigenvalue weighted by Gasteiger charge is -2.18. The molecule has 0 unspecified atom stereocenters. The predicted molar refractivity (Wildman–Crippen MR) is 69.5 cm³/mol. The van der Waals surface area contributed by atoms with Crippen LogP contribution in [0, 0.1) is 11.3 Å². The molecule has 0 spiro atoms. The number of hydrogen-bond donors (Lipinski definition) is 0. The molecule has 0 amide bonds. The fourth-order valence-electron chi connectivity index (χ4n) is 2.43. The van der Waals surface area contributed by atoms with Crippen molar-refractivity contribution in [2.24, 2.45) is 0 Å². The van der Waals surface area contributed by atoms with Gasteiger partial charge in [-0.15, -0.1) is 0 Å². The van der Waals surface area contributed by atoms with Crippen LogP contribution in [0.5, 0.6) is 0 Å². The van der Waals surface area contributed by atoms with Crippen LogP contribution in [0.15, 0.2) is 0 Å². The molecule has 1 saturated carbocycles. The minimum absolute atomic E-state index is 0.585. The third-order valence-electron chi connectivity index (χ3n) is 3.58. The van der Waals surface area contributed by atoms with Crippen LogP contribution in [-0.2, 0) is 0 Å². The topological polar surface area (TPSA) is 39.9 Å². The summed E-state index contributed by atoms with van der Waals surface area (Å²) in [6.45, 7) is 2.23. The quantitative estimate of drug-likeness (QED) is 0.805. The Morgan fingerprint density at radius 2 is 1.88 bits per heavy atom. The van der Waals surface area contributed by atoms with Crippen LogP contribution in [0.2, 0.25) is 0 Å². The normalized spacial score (nSPS) is 21.0. The minimum atomic E-state index is 0.585. The molecule has 0 aromatic carbocycles. The molecule has 0 atom stereocenters. The smallest absolute Gasteiger partial charge is 0.186 e. The van der Waals surface area contributed by atoms with Crippen molar-refractivity contribution in [3.05, 3.63) is 10.6 Å². The van der Waals surface area contributed by atoms with E-state index in [-0.39, 0.29) is 0 Å². The zero-order valence-corrected chi connectivity index (χ0v) is 10.8. The summed E-state index contributed by atoms with van der Waals surface area (Å²) >= 11 is 1.60. The van der Waals surface area contributed by atoms with E-state index in [9.17, 15) is 0 Å². The van der Waals surface area contributed by atoms with E-state index >= 15 is 0 Å². The third kappa shape index (κ3) is 2.30. The van der Waals surface area contributed by atoms with Gasteiger partial charge in [0.15, 0.2) is 5.13 Å². The Bertz CT molecular complexity index is 434. The van der Waals surface area contributed by atoms with Crippen LogP contribution in [0.3, 0.4) is 0 Å². The molecule has 1 saturated heterocycles. The maximum atomic E-state index is 9.16. The fraction of sp³-hybridized carbons (Fsp3) is 0.692. The summed E-state index contributed by atoms with van der Waals surface area (Å²) < 4.78 is 0. The number of nitrogens with zero attached hydrogens (tertiary/aromatic N) is 3. The van der Waals surface area contributed by atoms with Gasteiger partial charge in [0, 0.05) is 19.0 Å². The molecule has 0 N–H and O–H groups in total. The summed E-state index contributed by atoms with van der Waals surface area (Å²) in [5.41, 5.74) is 1.08. The second kappa shape index (κ2) is 4.66. The Balaban J connectivity index is 1.84. The van der Waals surface area contributed by atoms with E-state index in [4.69, 9.17) is 10.2 Å². The lowest BCUT2D eigenvalue weighted by molar-refractivity contribution is 0.726. The van der Waals surface area contributed by atoms with Gasteiger partial charge in [-0.1, -0.05) is 24.2 Å². The molecule has 3 rings (SSSR count). The maximum absolute atomic E-state index is 9.16. The lowest BCUT2D eigenvalue weighted by Crippen LogP contribution is -2.23. The van der Waals surface area contributed by atoms with E-state index in [1.165, 1.54) is 38.5 Å². The number of hydrogen-bond acceptors (Lipinski definition) is 4. The van der Waals surface area contributed by atoms with Crippen molar-refractivity contribution >= 4 is 16.5 Å². The van der Waals surface area contributed by atoms with Crippen molar-refractivity contribution in [3.8, 4) is 6.07 Å². The number of anilines is 1. The van der Waals surface area contributed by atoms with Crippen LogP contribution < -0.4 is 4.90 Å². The van der Waals surface area contributed by atoms with Gasteiger partial charge in [0.25, 0.3) is 0 Å². The van der Waals surface area contributed by atoms with Crippen molar-refractivity contribution in [1.82, 2.24) is 4.98 Å². The summed E-state index contributed by atoms with van der Waals surface area (Å²) in [4.78, 5) is 7.96. The molecule has 1 aromatic rings. The maximum Gasteiger partial charge on any atom is 0.186 e. The van der Waals surface area contributed by atoms with Crippen molar-refractivity contribution in [2.75, 3.05) is 18.0 Å². The van der Waals surface area contributed by atoms with Crippen molar-refractivity contribution in [2.45, 2.75) is 44.4 Å². The summed E-state index contributed by atoms with van der Waals surface area (Å²) in [7, 11) is 0. The zero-order valence-electron chi connectivity index (χ0n) is 9.98. The molecule has 1 aromatic heterocycles. The van der Waals surface area contributed by atoms with Crippen LogP contribution in [0.25, 0.3) is 0 Å². The highest BCUT2D eigenvalue weighted by atomic mass is 32.1. The van der Waals surface area contributed by atoms with Crippen LogP contribution in [0.4, 0.5) is 5.13 Å². The van der Waals surface area contributed by atoms with Crippen molar-refractivity contribution < 1.29 is 0 Å². The number of rotatable bonds is 2. The SMILES string of the molecule is N#Cc1sc(N2CCCCCC2)nc1C1CC1. The zero-order chi connectivity index (χ0) is 11.7. The summed E-state index contributed by atoms with van der Waals surface area (Å²) in [6.07, 6.45) is 7.64. The molecule has 3 nitrogen and oxygen atoms in total.